The monoisotopic (exact) mass is 351 g/mol. The van der Waals surface area contributed by atoms with Crippen molar-refractivity contribution in [3.8, 4) is 0 Å². The molecule has 0 aliphatic carbocycles. The van der Waals surface area contributed by atoms with Gasteiger partial charge in [-0.3, -0.25) is 0 Å². The van der Waals surface area contributed by atoms with Crippen LogP contribution in [0.4, 0.5) is 16.2 Å². The minimum atomic E-state index is -0.0160. The third-order valence-electron chi connectivity index (χ3n) is 5.11. The summed E-state index contributed by atoms with van der Waals surface area (Å²) in [6.07, 6.45) is 0. The Kier molecular flexibility index (Phi) is 5.50. The molecule has 1 aliphatic rings. The number of carbonyl (C=O) groups excluding carboxylic acids is 1. The molecule has 0 spiro atoms. The molecule has 4 nitrogen and oxygen atoms in total. The van der Waals surface area contributed by atoms with E-state index >= 15 is 0 Å². The van der Waals surface area contributed by atoms with Crippen LogP contribution in [0.2, 0.25) is 0 Å². The van der Waals surface area contributed by atoms with Crippen LogP contribution >= 0.6 is 0 Å². The first-order valence-corrected chi connectivity index (χ1v) is 9.43. The van der Waals surface area contributed by atoms with E-state index < -0.39 is 0 Å². The van der Waals surface area contributed by atoms with Gasteiger partial charge in [-0.2, -0.15) is 0 Å². The molecule has 1 atom stereocenters. The number of piperazine rings is 1. The number of anilines is 2. The van der Waals surface area contributed by atoms with Gasteiger partial charge >= 0.3 is 6.03 Å². The number of hydrogen-bond acceptors (Lipinski definition) is 2. The fourth-order valence-corrected chi connectivity index (χ4v) is 3.42. The molecule has 3 rings (SSSR count). The maximum atomic E-state index is 12.6. The molecule has 1 unspecified atom stereocenters. The lowest BCUT2D eigenvalue weighted by atomic mass is 10.0. The maximum Gasteiger partial charge on any atom is 0.321 e. The van der Waals surface area contributed by atoms with E-state index in [1.807, 2.05) is 17.0 Å². The Bertz CT molecular complexity index is 737. The highest BCUT2D eigenvalue weighted by Gasteiger charge is 2.26. The first kappa shape index (κ1) is 18.3. The molecule has 26 heavy (non-hydrogen) atoms. The first-order valence-electron chi connectivity index (χ1n) is 9.43. The molecular formula is C22H29N3O. The van der Waals surface area contributed by atoms with Crippen molar-refractivity contribution >= 4 is 17.4 Å². The van der Waals surface area contributed by atoms with E-state index in [-0.39, 0.29) is 6.03 Å². The van der Waals surface area contributed by atoms with Gasteiger partial charge in [0.25, 0.3) is 0 Å². The summed E-state index contributed by atoms with van der Waals surface area (Å²) in [6.45, 7) is 10.9. The lowest BCUT2D eigenvalue weighted by Crippen LogP contribution is -2.54. The highest BCUT2D eigenvalue weighted by Crippen LogP contribution is 2.22. The van der Waals surface area contributed by atoms with Crippen LogP contribution in [0.25, 0.3) is 0 Å². The Morgan fingerprint density at radius 3 is 2.27 bits per heavy atom. The van der Waals surface area contributed by atoms with Gasteiger partial charge in [-0.05, 0) is 49.6 Å². The molecule has 2 aromatic carbocycles. The predicted octanol–water partition coefficient (Wildman–Crippen LogP) is 4.86. The number of rotatable bonds is 3. The number of nitrogens with zero attached hydrogens (tertiary/aromatic N) is 2. The van der Waals surface area contributed by atoms with Gasteiger partial charge in [0.1, 0.15) is 0 Å². The SMILES string of the molecule is Cc1ccc(N2CCN(C(=O)Nc3ccc(C(C)C)cc3)CC2C)cc1. The van der Waals surface area contributed by atoms with Crippen molar-refractivity contribution in [1.82, 2.24) is 4.90 Å². The topological polar surface area (TPSA) is 35.6 Å². The van der Waals surface area contributed by atoms with Crippen LogP contribution in [-0.2, 0) is 0 Å². The Hall–Kier alpha value is -2.49. The second-order valence-corrected chi connectivity index (χ2v) is 7.53. The molecule has 0 aromatic heterocycles. The van der Waals surface area contributed by atoms with E-state index in [1.165, 1.54) is 16.8 Å². The van der Waals surface area contributed by atoms with Crippen molar-refractivity contribution in [3.05, 3.63) is 59.7 Å². The van der Waals surface area contributed by atoms with E-state index in [2.05, 4.69) is 74.3 Å². The summed E-state index contributed by atoms with van der Waals surface area (Å²) < 4.78 is 0. The van der Waals surface area contributed by atoms with Crippen molar-refractivity contribution in [3.63, 3.8) is 0 Å². The van der Waals surface area contributed by atoms with E-state index in [4.69, 9.17) is 0 Å². The van der Waals surface area contributed by atoms with Crippen LogP contribution in [0.3, 0.4) is 0 Å². The van der Waals surface area contributed by atoms with Crippen LogP contribution in [-0.4, -0.2) is 36.6 Å². The first-order chi connectivity index (χ1) is 12.4. The zero-order valence-corrected chi connectivity index (χ0v) is 16.2. The van der Waals surface area contributed by atoms with Crippen molar-refractivity contribution in [1.29, 1.82) is 0 Å². The van der Waals surface area contributed by atoms with Gasteiger partial charge in [0.2, 0.25) is 0 Å². The maximum absolute atomic E-state index is 12.6. The lowest BCUT2D eigenvalue weighted by molar-refractivity contribution is 0.200. The lowest BCUT2D eigenvalue weighted by Gasteiger charge is -2.41. The van der Waals surface area contributed by atoms with Gasteiger partial charge in [0.15, 0.2) is 0 Å². The molecule has 1 aliphatic heterocycles. The normalized spacial score (nSPS) is 17.5. The van der Waals surface area contributed by atoms with E-state index in [0.29, 0.717) is 12.0 Å². The van der Waals surface area contributed by atoms with E-state index in [9.17, 15) is 4.79 Å². The van der Waals surface area contributed by atoms with Crippen molar-refractivity contribution in [2.75, 3.05) is 29.9 Å². The van der Waals surface area contributed by atoms with Crippen LogP contribution in [0.1, 0.15) is 37.8 Å². The average molecular weight is 351 g/mol. The fourth-order valence-electron chi connectivity index (χ4n) is 3.42. The number of hydrogen-bond donors (Lipinski definition) is 1. The summed E-state index contributed by atoms with van der Waals surface area (Å²) in [5, 5.41) is 3.03. The van der Waals surface area contributed by atoms with Gasteiger partial charge in [-0.15, -0.1) is 0 Å². The number of benzene rings is 2. The summed E-state index contributed by atoms with van der Waals surface area (Å²) in [7, 11) is 0. The highest BCUT2D eigenvalue weighted by molar-refractivity contribution is 5.89. The molecule has 138 valence electrons. The van der Waals surface area contributed by atoms with Gasteiger partial charge in [0.05, 0.1) is 0 Å². The standard InChI is InChI=1S/C22H29N3O/c1-16(2)19-7-9-20(10-8-19)23-22(26)24-13-14-25(18(4)15-24)21-11-5-17(3)6-12-21/h5-12,16,18H,13-15H2,1-4H3,(H,23,26). The largest absolute Gasteiger partial charge is 0.365 e. The molecule has 1 fully saturated rings. The molecule has 0 saturated carbocycles. The third-order valence-corrected chi connectivity index (χ3v) is 5.11. The second-order valence-electron chi connectivity index (χ2n) is 7.53. The smallest absolute Gasteiger partial charge is 0.321 e. The summed E-state index contributed by atoms with van der Waals surface area (Å²) in [6, 6.07) is 17.0. The van der Waals surface area contributed by atoms with Gasteiger partial charge in [-0.1, -0.05) is 43.7 Å². The molecule has 4 heteroatoms. The Labute approximate surface area is 156 Å². The Balaban J connectivity index is 1.59. The molecular weight excluding hydrogens is 322 g/mol. The highest BCUT2D eigenvalue weighted by atomic mass is 16.2. The van der Waals surface area contributed by atoms with E-state index in [1.54, 1.807) is 0 Å². The molecule has 1 saturated heterocycles. The van der Waals surface area contributed by atoms with Crippen LogP contribution in [0.15, 0.2) is 48.5 Å². The zero-order chi connectivity index (χ0) is 18.7. The number of aryl methyl sites for hydroxylation is 1. The summed E-state index contributed by atoms with van der Waals surface area (Å²) in [5.74, 6) is 0.496. The summed E-state index contributed by atoms with van der Waals surface area (Å²) in [5.41, 5.74) is 4.63. The summed E-state index contributed by atoms with van der Waals surface area (Å²) in [4.78, 5) is 16.9. The number of amides is 2. The fraction of sp³-hybridized carbons (Fsp3) is 0.409. The third kappa shape index (κ3) is 4.18. The van der Waals surface area contributed by atoms with Gasteiger partial charge in [-0.25, -0.2) is 4.79 Å². The van der Waals surface area contributed by atoms with Gasteiger partial charge in [0, 0.05) is 37.1 Å². The quantitative estimate of drug-likeness (QED) is 0.857. The Morgan fingerprint density at radius 1 is 1.04 bits per heavy atom. The van der Waals surface area contributed by atoms with Crippen molar-refractivity contribution in [2.24, 2.45) is 0 Å². The molecule has 1 heterocycles. The average Bonchev–Trinajstić information content (AvgIpc) is 2.63. The molecule has 2 amide bonds. The molecule has 2 aromatic rings. The molecule has 0 bridgehead atoms. The minimum absolute atomic E-state index is 0.0160. The van der Waals surface area contributed by atoms with Gasteiger partial charge < -0.3 is 15.1 Å². The van der Waals surface area contributed by atoms with E-state index in [0.717, 1.165) is 25.3 Å². The predicted molar refractivity (Wildman–Crippen MR) is 109 cm³/mol. The Morgan fingerprint density at radius 2 is 1.69 bits per heavy atom. The van der Waals surface area contributed by atoms with Crippen LogP contribution < -0.4 is 10.2 Å². The van der Waals surface area contributed by atoms with Crippen molar-refractivity contribution in [2.45, 2.75) is 39.7 Å². The molecule has 0 radical (unpaired) electrons. The number of urea groups is 1. The van der Waals surface area contributed by atoms with Crippen molar-refractivity contribution < 1.29 is 4.79 Å². The van der Waals surface area contributed by atoms with Crippen LogP contribution in [0, 0.1) is 6.92 Å². The number of carbonyl (C=O) groups is 1. The zero-order valence-electron chi connectivity index (χ0n) is 16.2. The number of nitrogens with one attached hydrogen (secondary N) is 1. The minimum Gasteiger partial charge on any atom is -0.365 e. The second kappa shape index (κ2) is 7.81. The summed E-state index contributed by atoms with van der Waals surface area (Å²) >= 11 is 0. The van der Waals surface area contributed by atoms with Crippen LogP contribution in [0.5, 0.6) is 0 Å². The molecule has 1 N–H and O–H groups in total.